The molecule has 0 aliphatic rings. The van der Waals surface area contributed by atoms with Crippen molar-refractivity contribution < 1.29 is 4.42 Å². The van der Waals surface area contributed by atoms with Crippen LogP contribution in [0.25, 0.3) is 89.4 Å². The van der Waals surface area contributed by atoms with Gasteiger partial charge in [0, 0.05) is 50.2 Å². The third kappa shape index (κ3) is 4.98. The number of hydrogen-bond donors (Lipinski definition) is 0. The normalized spacial score (nSPS) is 11.4. The van der Waals surface area contributed by atoms with Gasteiger partial charge in [-0.15, -0.1) is 0 Å². The van der Waals surface area contributed by atoms with E-state index in [1.54, 1.807) is 6.20 Å². The number of nitrogens with zero attached hydrogens (tertiary/aromatic N) is 5. The van der Waals surface area contributed by atoms with Gasteiger partial charge in [0.25, 0.3) is 0 Å². The minimum absolute atomic E-state index is 0.614. The van der Waals surface area contributed by atoms with Crippen LogP contribution in [0, 0.1) is 0 Å². The van der Waals surface area contributed by atoms with Gasteiger partial charge in [-0.25, -0.2) is 15.0 Å². The van der Waals surface area contributed by atoms with Gasteiger partial charge in [-0.3, -0.25) is 9.97 Å². The Kier molecular flexibility index (Phi) is 6.35. The van der Waals surface area contributed by atoms with Gasteiger partial charge in [0.1, 0.15) is 5.58 Å². The number of aromatic nitrogens is 5. The Morgan fingerprint density at radius 2 is 0.872 bits per heavy atom. The number of benzene rings is 5. The van der Waals surface area contributed by atoms with E-state index in [4.69, 9.17) is 29.3 Å². The Morgan fingerprint density at radius 1 is 0.362 bits per heavy atom. The summed E-state index contributed by atoms with van der Waals surface area (Å²) in [6.07, 6.45) is 3.73. The molecule has 0 saturated carbocycles. The van der Waals surface area contributed by atoms with Crippen molar-refractivity contribution in [1.29, 1.82) is 0 Å². The van der Waals surface area contributed by atoms with E-state index in [0.29, 0.717) is 17.5 Å². The molecule has 4 heterocycles. The van der Waals surface area contributed by atoms with E-state index in [1.165, 1.54) is 0 Å². The molecule has 0 bridgehead atoms. The maximum Gasteiger partial charge on any atom is 0.164 e. The zero-order valence-electron chi connectivity index (χ0n) is 25.1. The smallest absolute Gasteiger partial charge is 0.164 e. The number of furan rings is 1. The molecule has 6 heteroatoms. The Balaban J connectivity index is 1.09. The quantitative estimate of drug-likeness (QED) is 0.195. The molecule has 0 unspecified atom stereocenters. The van der Waals surface area contributed by atoms with E-state index in [2.05, 4.69) is 48.5 Å². The van der Waals surface area contributed by atoms with Crippen molar-refractivity contribution in [3.05, 3.63) is 152 Å². The van der Waals surface area contributed by atoms with E-state index in [-0.39, 0.29) is 0 Å². The first-order valence-electron chi connectivity index (χ1n) is 15.4. The van der Waals surface area contributed by atoms with Crippen LogP contribution in [0.2, 0.25) is 0 Å². The monoisotopic (exact) mass is 603 g/mol. The van der Waals surface area contributed by atoms with Crippen LogP contribution in [0.3, 0.4) is 0 Å². The van der Waals surface area contributed by atoms with Gasteiger partial charge >= 0.3 is 0 Å². The molecule has 0 aliphatic heterocycles. The van der Waals surface area contributed by atoms with E-state index in [0.717, 1.165) is 71.9 Å². The second kappa shape index (κ2) is 11.1. The molecule has 9 rings (SSSR count). The summed E-state index contributed by atoms with van der Waals surface area (Å²) in [6.45, 7) is 0. The Morgan fingerprint density at radius 3 is 1.55 bits per heavy atom. The summed E-state index contributed by atoms with van der Waals surface area (Å²) in [5, 5.41) is 4.32. The Hall–Kier alpha value is -6.53. The van der Waals surface area contributed by atoms with Gasteiger partial charge in [-0.2, -0.15) is 0 Å². The maximum atomic E-state index is 6.17. The molecule has 9 aromatic rings. The summed E-state index contributed by atoms with van der Waals surface area (Å²) < 4.78 is 6.17. The zero-order chi connectivity index (χ0) is 31.2. The third-order valence-corrected chi connectivity index (χ3v) is 8.42. The minimum Gasteiger partial charge on any atom is -0.454 e. The van der Waals surface area contributed by atoms with E-state index < -0.39 is 0 Å². The molecule has 6 nitrogen and oxygen atoms in total. The van der Waals surface area contributed by atoms with Gasteiger partial charge in [0.15, 0.2) is 23.1 Å². The second-order valence-electron chi connectivity index (χ2n) is 11.4. The number of rotatable bonds is 5. The van der Waals surface area contributed by atoms with Crippen molar-refractivity contribution in [3.63, 3.8) is 0 Å². The van der Waals surface area contributed by atoms with Crippen LogP contribution in [0.15, 0.2) is 156 Å². The van der Waals surface area contributed by atoms with Crippen molar-refractivity contribution in [1.82, 2.24) is 24.9 Å². The largest absolute Gasteiger partial charge is 0.454 e. The van der Waals surface area contributed by atoms with E-state index in [9.17, 15) is 0 Å². The average molecular weight is 604 g/mol. The van der Waals surface area contributed by atoms with Crippen LogP contribution in [0.5, 0.6) is 0 Å². The van der Waals surface area contributed by atoms with Crippen molar-refractivity contribution in [2.75, 3.05) is 0 Å². The average Bonchev–Trinajstić information content (AvgIpc) is 3.52. The predicted octanol–water partition coefficient (Wildman–Crippen LogP) is 10.0. The molecular formula is C41H25N5O. The Labute approximate surface area is 270 Å². The Bertz CT molecular complexity index is 2500. The molecule has 220 valence electrons. The van der Waals surface area contributed by atoms with Crippen molar-refractivity contribution in [3.8, 4) is 56.7 Å². The van der Waals surface area contributed by atoms with Crippen molar-refractivity contribution in [2.24, 2.45) is 0 Å². The first-order valence-corrected chi connectivity index (χ1v) is 15.4. The highest BCUT2D eigenvalue weighted by molar-refractivity contribution is 6.07. The second-order valence-corrected chi connectivity index (χ2v) is 11.4. The van der Waals surface area contributed by atoms with Crippen LogP contribution in [0.1, 0.15) is 0 Å². The molecule has 0 spiro atoms. The molecule has 5 aromatic carbocycles. The highest BCUT2D eigenvalue weighted by atomic mass is 16.3. The van der Waals surface area contributed by atoms with E-state index in [1.807, 2.05) is 97.2 Å². The molecule has 47 heavy (non-hydrogen) atoms. The molecule has 0 N–H and O–H groups in total. The molecular weight excluding hydrogens is 578 g/mol. The molecule has 0 radical (unpaired) electrons. The standard InChI is InChI=1S/C41H25N5O/c1-3-9-27(10-4-1)39-44-40(28-11-5-2-6-12-28)46-41(45-39)29-17-15-26(16-18-29)36-23-34-33-21-31(19-20-37(33)47-38(34)25-43-36)35-22-30-13-7-8-14-32(30)24-42-35/h1-25H. The summed E-state index contributed by atoms with van der Waals surface area (Å²) >= 11 is 0. The van der Waals surface area contributed by atoms with Crippen molar-refractivity contribution in [2.45, 2.75) is 0 Å². The SMILES string of the molecule is c1ccc(-c2nc(-c3ccccc3)nc(-c3ccc(-c4cc5c(cn4)oc4ccc(-c6cc7ccccc7cn6)cc45)cc3)n2)cc1. The highest BCUT2D eigenvalue weighted by Gasteiger charge is 2.14. The molecule has 0 saturated heterocycles. The molecule has 0 fully saturated rings. The fraction of sp³-hybridized carbons (Fsp3) is 0. The van der Waals surface area contributed by atoms with Crippen molar-refractivity contribution >= 4 is 32.7 Å². The van der Waals surface area contributed by atoms with Crippen LogP contribution < -0.4 is 0 Å². The molecule has 4 aromatic heterocycles. The van der Waals surface area contributed by atoms with Gasteiger partial charge < -0.3 is 4.42 Å². The molecule has 0 atom stereocenters. The lowest BCUT2D eigenvalue weighted by molar-refractivity contribution is 0.667. The number of pyridine rings is 2. The predicted molar refractivity (Wildman–Crippen MR) is 187 cm³/mol. The van der Waals surface area contributed by atoms with Gasteiger partial charge in [-0.1, -0.05) is 109 Å². The number of hydrogen-bond acceptors (Lipinski definition) is 6. The maximum absolute atomic E-state index is 6.17. The fourth-order valence-electron chi connectivity index (χ4n) is 5.97. The summed E-state index contributed by atoms with van der Waals surface area (Å²) in [4.78, 5) is 24.0. The lowest BCUT2D eigenvalue weighted by Crippen LogP contribution is -2.00. The van der Waals surface area contributed by atoms with E-state index >= 15 is 0 Å². The van der Waals surface area contributed by atoms with Crippen LogP contribution in [-0.2, 0) is 0 Å². The third-order valence-electron chi connectivity index (χ3n) is 8.42. The minimum atomic E-state index is 0.614. The molecule has 0 aliphatic carbocycles. The first kappa shape index (κ1) is 26.8. The zero-order valence-corrected chi connectivity index (χ0v) is 25.1. The van der Waals surface area contributed by atoms with Crippen LogP contribution >= 0.6 is 0 Å². The lowest BCUT2D eigenvalue weighted by atomic mass is 10.0. The summed E-state index contributed by atoms with van der Waals surface area (Å²) in [7, 11) is 0. The topological polar surface area (TPSA) is 77.6 Å². The van der Waals surface area contributed by atoms with Gasteiger partial charge in [0.05, 0.1) is 17.6 Å². The fourth-order valence-corrected chi connectivity index (χ4v) is 5.97. The summed E-state index contributed by atoms with van der Waals surface area (Å²) in [6, 6.07) is 46.9. The number of fused-ring (bicyclic) bond motifs is 4. The summed E-state index contributed by atoms with van der Waals surface area (Å²) in [5.74, 6) is 1.88. The first-order chi connectivity index (χ1) is 23.2. The van der Waals surface area contributed by atoms with Gasteiger partial charge in [0.2, 0.25) is 0 Å². The van der Waals surface area contributed by atoms with Gasteiger partial charge in [-0.05, 0) is 35.7 Å². The lowest BCUT2D eigenvalue weighted by Gasteiger charge is -2.09. The summed E-state index contributed by atoms with van der Waals surface area (Å²) in [5.41, 5.74) is 8.14. The highest BCUT2D eigenvalue weighted by Crippen LogP contribution is 2.35. The van der Waals surface area contributed by atoms with Crippen LogP contribution in [0.4, 0.5) is 0 Å². The van der Waals surface area contributed by atoms with Crippen LogP contribution in [-0.4, -0.2) is 24.9 Å². The molecule has 0 amide bonds.